The molecule has 2 fully saturated rings. The molecule has 1 N–H and O–H groups in total. The van der Waals surface area contributed by atoms with Gasteiger partial charge in [-0.05, 0) is 12.8 Å². The molecule has 0 aromatic carbocycles. The van der Waals surface area contributed by atoms with Crippen molar-refractivity contribution < 1.29 is 4.79 Å². The number of Topliss-reactive ketones (excluding diaryl/α,β-unsaturated/α-hetero) is 1. The van der Waals surface area contributed by atoms with Crippen molar-refractivity contribution >= 4 is 30.6 Å². The van der Waals surface area contributed by atoms with E-state index in [1.165, 1.54) is 12.8 Å². The normalized spacial score (nSPS) is 34.0. The number of carbonyl (C=O) groups excluding carboxylic acids is 1. The highest BCUT2D eigenvalue weighted by molar-refractivity contribution is 5.85. The molecule has 0 unspecified atom stereocenters. The van der Waals surface area contributed by atoms with Crippen LogP contribution in [0.2, 0.25) is 0 Å². The van der Waals surface area contributed by atoms with E-state index in [0.29, 0.717) is 17.9 Å². The number of hydrogen-bond acceptors (Lipinski definition) is 2. The molecule has 4 heteroatoms. The van der Waals surface area contributed by atoms with E-state index in [1.807, 2.05) is 0 Å². The summed E-state index contributed by atoms with van der Waals surface area (Å²) in [4.78, 5) is 10.9. The zero-order valence-electron chi connectivity index (χ0n) is 6.21. The van der Waals surface area contributed by atoms with E-state index in [2.05, 4.69) is 5.32 Å². The smallest absolute Gasteiger partial charge is 0.136 e. The lowest BCUT2D eigenvalue weighted by atomic mass is 10.1. The van der Waals surface area contributed by atoms with Gasteiger partial charge >= 0.3 is 0 Å². The van der Waals surface area contributed by atoms with Crippen LogP contribution in [0, 0.1) is 0 Å². The van der Waals surface area contributed by atoms with E-state index in [-0.39, 0.29) is 24.8 Å². The molecular formula is C7H13Cl2NO. The van der Waals surface area contributed by atoms with Crippen LogP contribution in [-0.2, 0) is 4.79 Å². The van der Waals surface area contributed by atoms with Gasteiger partial charge in [-0.1, -0.05) is 0 Å². The van der Waals surface area contributed by atoms with Gasteiger partial charge < -0.3 is 5.32 Å². The molecule has 11 heavy (non-hydrogen) atoms. The highest BCUT2D eigenvalue weighted by Crippen LogP contribution is 2.23. The van der Waals surface area contributed by atoms with Crippen molar-refractivity contribution in [3.8, 4) is 0 Å². The standard InChI is InChI=1S/C7H11NO.2ClH/c9-7-3-5-1-2-6(4-7)8-5;;/h5-6,8H,1-4H2;2*1H/t5-,6+;;. The number of carbonyl (C=O) groups is 1. The Kier molecular flexibility index (Phi) is 4.37. The summed E-state index contributed by atoms with van der Waals surface area (Å²) in [6.45, 7) is 0. The maximum atomic E-state index is 10.9. The van der Waals surface area contributed by atoms with Gasteiger partial charge in [0.1, 0.15) is 5.78 Å². The third-order valence-corrected chi connectivity index (χ3v) is 2.28. The molecule has 0 radical (unpaired) electrons. The number of fused-ring (bicyclic) bond motifs is 2. The fourth-order valence-electron chi connectivity index (χ4n) is 1.86. The zero-order chi connectivity index (χ0) is 6.27. The first-order chi connectivity index (χ1) is 4.34. The summed E-state index contributed by atoms with van der Waals surface area (Å²) >= 11 is 0. The summed E-state index contributed by atoms with van der Waals surface area (Å²) in [7, 11) is 0. The van der Waals surface area contributed by atoms with Crippen molar-refractivity contribution in [2.75, 3.05) is 0 Å². The van der Waals surface area contributed by atoms with Crippen LogP contribution in [0.1, 0.15) is 25.7 Å². The minimum Gasteiger partial charge on any atom is -0.310 e. The lowest BCUT2D eigenvalue weighted by Crippen LogP contribution is -2.38. The monoisotopic (exact) mass is 197 g/mol. The van der Waals surface area contributed by atoms with E-state index < -0.39 is 0 Å². The van der Waals surface area contributed by atoms with Crippen LogP contribution in [0.15, 0.2) is 0 Å². The molecule has 0 spiro atoms. The summed E-state index contributed by atoms with van der Waals surface area (Å²) in [6.07, 6.45) is 4.01. The van der Waals surface area contributed by atoms with Crippen molar-refractivity contribution in [3.05, 3.63) is 0 Å². The maximum Gasteiger partial charge on any atom is 0.136 e. The van der Waals surface area contributed by atoms with E-state index in [9.17, 15) is 4.79 Å². The topological polar surface area (TPSA) is 29.1 Å². The number of rotatable bonds is 0. The first-order valence-corrected chi connectivity index (χ1v) is 3.62. The minimum atomic E-state index is 0. The van der Waals surface area contributed by atoms with Gasteiger partial charge in [-0.25, -0.2) is 0 Å². The lowest BCUT2D eigenvalue weighted by molar-refractivity contribution is -0.120. The van der Waals surface area contributed by atoms with E-state index in [0.717, 1.165) is 12.8 Å². The predicted octanol–water partition coefficient (Wildman–Crippen LogP) is 1.31. The number of halogens is 2. The quantitative estimate of drug-likeness (QED) is 0.635. The van der Waals surface area contributed by atoms with E-state index in [4.69, 9.17) is 0 Å². The van der Waals surface area contributed by atoms with Crippen LogP contribution in [-0.4, -0.2) is 17.9 Å². The maximum absolute atomic E-state index is 10.9. The van der Waals surface area contributed by atoms with Gasteiger partial charge in [0.15, 0.2) is 0 Å². The fourth-order valence-corrected chi connectivity index (χ4v) is 1.86. The van der Waals surface area contributed by atoms with Crippen LogP contribution in [0.25, 0.3) is 0 Å². The molecule has 0 aromatic heterocycles. The Labute approximate surface area is 78.9 Å². The van der Waals surface area contributed by atoms with E-state index >= 15 is 0 Å². The highest BCUT2D eigenvalue weighted by Gasteiger charge is 2.31. The number of piperidine rings is 1. The molecular weight excluding hydrogens is 185 g/mol. The van der Waals surface area contributed by atoms with Crippen LogP contribution in [0.3, 0.4) is 0 Å². The van der Waals surface area contributed by atoms with Crippen molar-refractivity contribution in [1.82, 2.24) is 5.32 Å². The van der Waals surface area contributed by atoms with Gasteiger partial charge in [-0.3, -0.25) is 4.79 Å². The molecule has 2 rings (SSSR count). The van der Waals surface area contributed by atoms with Gasteiger partial charge in [0, 0.05) is 24.9 Å². The summed E-state index contributed by atoms with van der Waals surface area (Å²) in [5, 5.41) is 3.40. The molecule has 66 valence electrons. The SMILES string of the molecule is Cl.Cl.O=C1C[C@H]2CC[C@@H](C1)N2. The number of hydrogen-bond donors (Lipinski definition) is 1. The van der Waals surface area contributed by atoms with Crippen LogP contribution in [0.5, 0.6) is 0 Å². The van der Waals surface area contributed by atoms with Crippen molar-refractivity contribution in [1.29, 1.82) is 0 Å². The van der Waals surface area contributed by atoms with E-state index in [1.54, 1.807) is 0 Å². The molecule has 0 aliphatic carbocycles. The molecule has 2 atom stereocenters. The lowest BCUT2D eigenvalue weighted by Gasteiger charge is -2.18. The summed E-state index contributed by atoms with van der Waals surface area (Å²) < 4.78 is 0. The first kappa shape index (κ1) is 11.2. The molecule has 0 saturated carbocycles. The molecule has 2 bridgehead atoms. The van der Waals surface area contributed by atoms with Crippen LogP contribution >= 0.6 is 24.8 Å². The third-order valence-electron chi connectivity index (χ3n) is 2.28. The van der Waals surface area contributed by atoms with Gasteiger partial charge in [0.05, 0.1) is 0 Å². The van der Waals surface area contributed by atoms with Crippen molar-refractivity contribution in [2.24, 2.45) is 0 Å². The number of nitrogens with one attached hydrogen (secondary N) is 1. The molecule has 2 heterocycles. The van der Waals surface area contributed by atoms with Gasteiger partial charge in [0.25, 0.3) is 0 Å². The average Bonchev–Trinajstić information content (AvgIpc) is 2.11. The molecule has 2 aliphatic rings. The Hall–Kier alpha value is 0.210. The molecule has 2 saturated heterocycles. The second-order valence-electron chi connectivity index (χ2n) is 3.08. The van der Waals surface area contributed by atoms with Crippen LogP contribution < -0.4 is 5.32 Å². The summed E-state index contributed by atoms with van der Waals surface area (Å²) in [5.74, 6) is 0.459. The Morgan fingerprint density at radius 3 is 2.00 bits per heavy atom. The van der Waals surface area contributed by atoms with Crippen molar-refractivity contribution in [2.45, 2.75) is 37.8 Å². The van der Waals surface area contributed by atoms with Crippen LogP contribution in [0.4, 0.5) is 0 Å². The second-order valence-corrected chi connectivity index (χ2v) is 3.08. The Bertz CT molecular complexity index is 137. The fraction of sp³-hybridized carbons (Fsp3) is 0.857. The highest BCUT2D eigenvalue weighted by atomic mass is 35.5. The Morgan fingerprint density at radius 1 is 1.09 bits per heavy atom. The molecule has 2 nitrogen and oxygen atoms in total. The third kappa shape index (κ3) is 2.32. The molecule has 2 aliphatic heterocycles. The second kappa shape index (κ2) is 4.29. The Balaban J connectivity index is 0.000000500. The number of ketones is 1. The predicted molar refractivity (Wildman–Crippen MR) is 48.7 cm³/mol. The Morgan fingerprint density at radius 2 is 1.55 bits per heavy atom. The van der Waals surface area contributed by atoms with Gasteiger partial charge in [-0.2, -0.15) is 0 Å². The average molecular weight is 198 g/mol. The molecule has 0 aromatic rings. The summed E-state index contributed by atoms with van der Waals surface area (Å²) in [6, 6.07) is 1.08. The minimum absolute atomic E-state index is 0. The van der Waals surface area contributed by atoms with Gasteiger partial charge in [0.2, 0.25) is 0 Å². The zero-order valence-corrected chi connectivity index (χ0v) is 7.84. The first-order valence-electron chi connectivity index (χ1n) is 3.62. The largest absolute Gasteiger partial charge is 0.310 e. The summed E-state index contributed by atoms with van der Waals surface area (Å²) in [5.41, 5.74) is 0. The van der Waals surface area contributed by atoms with Crippen molar-refractivity contribution in [3.63, 3.8) is 0 Å². The molecule has 0 amide bonds. The van der Waals surface area contributed by atoms with Gasteiger partial charge in [-0.15, -0.1) is 24.8 Å².